The van der Waals surface area contributed by atoms with Gasteiger partial charge in [0.15, 0.2) is 0 Å². The van der Waals surface area contributed by atoms with E-state index in [2.05, 4.69) is 71.2 Å². The molecule has 1 nitrogen and oxygen atoms in total. The number of halogens is 2. The standard InChI is InChI=1S/C16H17ClIN/c1-11-7-8-12(14(17)9-11)10-16(19-2)13-5-3-4-6-15(13)18/h3-9,16,19H,10H2,1-2H3. The fraction of sp³-hybridized carbons (Fsp3) is 0.250. The van der Waals surface area contributed by atoms with Crippen LogP contribution in [0.25, 0.3) is 0 Å². The summed E-state index contributed by atoms with van der Waals surface area (Å²) in [6.07, 6.45) is 0.898. The highest BCUT2D eigenvalue weighted by atomic mass is 127. The van der Waals surface area contributed by atoms with E-state index in [1.165, 1.54) is 20.3 Å². The third-order valence-electron chi connectivity index (χ3n) is 3.26. The van der Waals surface area contributed by atoms with Crippen LogP contribution in [0.5, 0.6) is 0 Å². The van der Waals surface area contributed by atoms with E-state index < -0.39 is 0 Å². The summed E-state index contributed by atoms with van der Waals surface area (Å²) >= 11 is 8.71. The average molecular weight is 386 g/mol. The zero-order valence-electron chi connectivity index (χ0n) is 11.1. The fourth-order valence-electron chi connectivity index (χ4n) is 2.16. The predicted octanol–water partition coefficient (Wildman–Crippen LogP) is 4.76. The largest absolute Gasteiger partial charge is 0.313 e. The van der Waals surface area contributed by atoms with Gasteiger partial charge in [-0.05, 0) is 71.8 Å². The Morgan fingerprint density at radius 3 is 2.58 bits per heavy atom. The number of rotatable bonds is 4. The maximum atomic E-state index is 6.33. The van der Waals surface area contributed by atoms with E-state index in [0.29, 0.717) is 0 Å². The predicted molar refractivity (Wildman–Crippen MR) is 90.9 cm³/mol. The van der Waals surface area contributed by atoms with Crippen LogP contribution in [0.15, 0.2) is 42.5 Å². The summed E-state index contributed by atoms with van der Waals surface area (Å²) in [4.78, 5) is 0. The number of benzene rings is 2. The molecular formula is C16H17ClIN. The van der Waals surface area contributed by atoms with Crippen LogP contribution in [0.1, 0.15) is 22.7 Å². The highest BCUT2D eigenvalue weighted by molar-refractivity contribution is 14.1. The van der Waals surface area contributed by atoms with Crippen molar-refractivity contribution in [2.45, 2.75) is 19.4 Å². The first-order valence-corrected chi connectivity index (χ1v) is 7.74. The number of aryl methyl sites for hydroxylation is 1. The molecule has 0 aromatic heterocycles. The maximum absolute atomic E-state index is 6.33. The van der Waals surface area contributed by atoms with Crippen LogP contribution in [0.4, 0.5) is 0 Å². The third kappa shape index (κ3) is 3.71. The topological polar surface area (TPSA) is 12.0 Å². The molecule has 0 saturated carbocycles. The molecule has 2 rings (SSSR count). The minimum atomic E-state index is 0.285. The Morgan fingerprint density at radius 2 is 1.95 bits per heavy atom. The molecule has 3 heteroatoms. The lowest BCUT2D eigenvalue weighted by molar-refractivity contribution is 0.589. The molecule has 100 valence electrons. The maximum Gasteiger partial charge on any atom is 0.0441 e. The first-order chi connectivity index (χ1) is 9.11. The van der Waals surface area contributed by atoms with Crippen molar-refractivity contribution in [3.8, 4) is 0 Å². The third-order valence-corrected chi connectivity index (χ3v) is 4.60. The van der Waals surface area contributed by atoms with Crippen molar-refractivity contribution < 1.29 is 0 Å². The monoisotopic (exact) mass is 385 g/mol. The van der Waals surface area contributed by atoms with Gasteiger partial charge in [-0.15, -0.1) is 0 Å². The van der Waals surface area contributed by atoms with Gasteiger partial charge in [-0.25, -0.2) is 0 Å². The van der Waals surface area contributed by atoms with E-state index in [-0.39, 0.29) is 6.04 Å². The van der Waals surface area contributed by atoms with Gasteiger partial charge in [-0.1, -0.05) is 41.9 Å². The Kier molecular flexibility index (Phi) is 5.25. The highest BCUT2D eigenvalue weighted by Crippen LogP contribution is 2.26. The smallest absolute Gasteiger partial charge is 0.0441 e. The van der Waals surface area contributed by atoms with Gasteiger partial charge in [0.25, 0.3) is 0 Å². The van der Waals surface area contributed by atoms with E-state index >= 15 is 0 Å². The van der Waals surface area contributed by atoms with Gasteiger partial charge < -0.3 is 5.32 Å². The molecule has 0 aliphatic heterocycles. The first kappa shape index (κ1) is 14.8. The summed E-state index contributed by atoms with van der Waals surface area (Å²) < 4.78 is 1.28. The van der Waals surface area contributed by atoms with Crippen LogP contribution in [0, 0.1) is 10.5 Å². The zero-order valence-corrected chi connectivity index (χ0v) is 14.0. The second-order valence-corrected chi connectivity index (χ2v) is 6.23. The van der Waals surface area contributed by atoms with Crippen LogP contribution in [0.2, 0.25) is 5.02 Å². The Bertz CT molecular complexity index is 568. The van der Waals surface area contributed by atoms with Crippen LogP contribution in [0.3, 0.4) is 0 Å². The Hall–Kier alpha value is -0.580. The molecule has 0 aliphatic rings. The minimum Gasteiger partial charge on any atom is -0.313 e. The SMILES string of the molecule is CNC(Cc1ccc(C)cc1Cl)c1ccccc1I. The molecule has 2 aromatic carbocycles. The summed E-state index contributed by atoms with van der Waals surface area (Å²) in [5.74, 6) is 0. The van der Waals surface area contributed by atoms with Crippen molar-refractivity contribution >= 4 is 34.2 Å². The molecule has 19 heavy (non-hydrogen) atoms. The summed E-state index contributed by atoms with van der Waals surface area (Å²) in [6, 6.07) is 15.0. The lowest BCUT2D eigenvalue weighted by atomic mass is 9.98. The summed E-state index contributed by atoms with van der Waals surface area (Å²) in [5.41, 5.74) is 3.71. The van der Waals surface area contributed by atoms with Crippen molar-refractivity contribution in [2.75, 3.05) is 7.05 Å². The second kappa shape index (κ2) is 6.73. The number of likely N-dealkylation sites (N-methyl/N-ethyl adjacent to an activating group) is 1. The van der Waals surface area contributed by atoms with Crippen molar-refractivity contribution in [3.63, 3.8) is 0 Å². The van der Waals surface area contributed by atoms with Gasteiger partial charge in [-0.3, -0.25) is 0 Å². The molecular weight excluding hydrogens is 369 g/mol. The Morgan fingerprint density at radius 1 is 1.21 bits per heavy atom. The quantitative estimate of drug-likeness (QED) is 0.749. The van der Waals surface area contributed by atoms with Crippen molar-refractivity contribution in [1.29, 1.82) is 0 Å². The van der Waals surface area contributed by atoms with Crippen LogP contribution in [-0.2, 0) is 6.42 Å². The van der Waals surface area contributed by atoms with Crippen molar-refractivity contribution in [3.05, 3.63) is 67.7 Å². The summed E-state index contributed by atoms with van der Waals surface area (Å²) in [5, 5.41) is 4.24. The number of nitrogens with one attached hydrogen (secondary N) is 1. The molecule has 0 aliphatic carbocycles. The second-order valence-electron chi connectivity index (χ2n) is 4.66. The molecule has 1 atom stereocenters. The number of hydrogen-bond donors (Lipinski definition) is 1. The van der Waals surface area contributed by atoms with E-state index in [1.54, 1.807) is 0 Å². The summed E-state index contributed by atoms with van der Waals surface area (Å²) in [7, 11) is 2.00. The van der Waals surface area contributed by atoms with Gasteiger partial charge in [-0.2, -0.15) is 0 Å². The fourth-order valence-corrected chi connectivity index (χ4v) is 3.24. The average Bonchev–Trinajstić information content (AvgIpc) is 2.39. The van der Waals surface area contributed by atoms with E-state index in [9.17, 15) is 0 Å². The molecule has 1 N–H and O–H groups in total. The summed E-state index contributed by atoms with van der Waals surface area (Å²) in [6.45, 7) is 2.06. The van der Waals surface area contributed by atoms with Crippen LogP contribution < -0.4 is 5.32 Å². The number of hydrogen-bond acceptors (Lipinski definition) is 1. The van der Waals surface area contributed by atoms with Gasteiger partial charge in [0.1, 0.15) is 0 Å². The molecule has 2 aromatic rings. The van der Waals surface area contributed by atoms with E-state index in [0.717, 1.165) is 11.4 Å². The Labute approximate surface area is 133 Å². The van der Waals surface area contributed by atoms with Crippen LogP contribution >= 0.6 is 34.2 Å². The lowest BCUT2D eigenvalue weighted by Crippen LogP contribution is -2.20. The lowest BCUT2D eigenvalue weighted by Gasteiger charge is -2.19. The van der Waals surface area contributed by atoms with Crippen molar-refractivity contribution in [1.82, 2.24) is 5.32 Å². The van der Waals surface area contributed by atoms with Gasteiger partial charge in [0, 0.05) is 14.6 Å². The van der Waals surface area contributed by atoms with Crippen molar-refractivity contribution in [2.24, 2.45) is 0 Å². The molecule has 1 unspecified atom stereocenters. The molecule has 0 bridgehead atoms. The molecule has 0 saturated heterocycles. The van der Waals surface area contributed by atoms with Gasteiger partial charge >= 0.3 is 0 Å². The van der Waals surface area contributed by atoms with Gasteiger partial charge in [0.2, 0.25) is 0 Å². The normalized spacial score (nSPS) is 12.4. The molecule has 0 amide bonds. The zero-order chi connectivity index (χ0) is 13.8. The first-order valence-electron chi connectivity index (χ1n) is 6.28. The molecule has 0 radical (unpaired) electrons. The van der Waals surface area contributed by atoms with E-state index in [1.807, 2.05) is 13.1 Å². The minimum absolute atomic E-state index is 0.285. The Balaban J connectivity index is 2.27. The molecule has 0 spiro atoms. The molecule has 0 fully saturated rings. The highest BCUT2D eigenvalue weighted by Gasteiger charge is 2.14. The van der Waals surface area contributed by atoms with Crippen LogP contribution in [-0.4, -0.2) is 7.05 Å². The molecule has 0 heterocycles. The van der Waals surface area contributed by atoms with E-state index in [4.69, 9.17) is 11.6 Å². The van der Waals surface area contributed by atoms with Gasteiger partial charge in [0.05, 0.1) is 0 Å².